The number of aromatic nitrogens is 4. The first-order chi connectivity index (χ1) is 32.8. The number of hydrogen-bond acceptors (Lipinski definition) is 15. The molecule has 4 aliphatic rings. The van der Waals surface area contributed by atoms with Crippen molar-refractivity contribution in [2.75, 3.05) is 20.8 Å². The van der Waals surface area contributed by atoms with Gasteiger partial charge in [0.2, 0.25) is 5.79 Å². The average Bonchev–Trinajstić information content (AvgIpc) is 3.88. The summed E-state index contributed by atoms with van der Waals surface area (Å²) in [6.07, 6.45) is 14.2. The smallest absolute Gasteiger partial charge is 0.329 e. The zero-order valence-corrected chi connectivity index (χ0v) is 42.1. The predicted molar refractivity (Wildman–Crippen MR) is 255 cm³/mol. The van der Waals surface area contributed by atoms with Gasteiger partial charge >= 0.3 is 5.97 Å². The van der Waals surface area contributed by atoms with Crippen molar-refractivity contribution in [3.05, 3.63) is 53.9 Å². The molecule has 2 N–H and O–H groups in total. The number of nitrogens with zero attached hydrogens (tertiary/aromatic N) is 5. The Morgan fingerprint density at radius 2 is 1.68 bits per heavy atom. The molecule has 1 saturated carbocycles. The lowest BCUT2D eigenvalue weighted by molar-refractivity contribution is -0.264. The van der Waals surface area contributed by atoms with Gasteiger partial charge in [-0.15, -0.1) is 5.10 Å². The molecular weight excluding hydrogens is 887 g/mol. The minimum atomic E-state index is -2.49. The number of methoxy groups -OCH3 is 2. The van der Waals surface area contributed by atoms with E-state index < -0.39 is 77.6 Å². The van der Waals surface area contributed by atoms with Gasteiger partial charge in [0.15, 0.2) is 5.78 Å². The van der Waals surface area contributed by atoms with E-state index in [2.05, 4.69) is 15.5 Å². The van der Waals surface area contributed by atoms with Gasteiger partial charge in [0.1, 0.15) is 42.8 Å². The van der Waals surface area contributed by atoms with Crippen molar-refractivity contribution in [3.8, 4) is 0 Å². The van der Waals surface area contributed by atoms with Gasteiger partial charge in [0.25, 0.3) is 11.7 Å². The predicted octanol–water partition coefficient (Wildman–Crippen LogP) is 5.85. The molecule has 0 spiro atoms. The van der Waals surface area contributed by atoms with Crippen molar-refractivity contribution in [3.63, 3.8) is 0 Å². The summed E-state index contributed by atoms with van der Waals surface area (Å²) in [4.78, 5) is 84.6. The first kappa shape index (κ1) is 55.4. The lowest BCUT2D eigenvalue weighted by Gasteiger charge is -2.42. The third kappa shape index (κ3) is 14.1. The molecule has 2 saturated heterocycles. The maximum Gasteiger partial charge on any atom is 0.329 e. The minimum Gasteiger partial charge on any atom is -0.460 e. The second kappa shape index (κ2) is 25.5. The fourth-order valence-corrected chi connectivity index (χ4v) is 10.7. The van der Waals surface area contributed by atoms with Crippen LogP contribution in [0.25, 0.3) is 0 Å². The Morgan fingerprint density at radius 1 is 0.928 bits per heavy atom. The highest BCUT2D eigenvalue weighted by Crippen LogP contribution is 2.39. The number of tetrazole rings is 1. The number of hydrogen-bond donors (Lipinski definition) is 2. The van der Waals surface area contributed by atoms with Gasteiger partial charge in [-0.05, 0) is 118 Å². The van der Waals surface area contributed by atoms with E-state index in [4.69, 9.17) is 18.9 Å². The quantitative estimate of drug-likeness (QED) is 0.142. The molecule has 5 rings (SSSR count). The summed E-state index contributed by atoms with van der Waals surface area (Å²) in [6.45, 7) is 12.6. The summed E-state index contributed by atoms with van der Waals surface area (Å²) >= 11 is 0. The molecule has 0 radical (unpaired) electrons. The largest absolute Gasteiger partial charge is 0.460 e. The van der Waals surface area contributed by atoms with Crippen molar-refractivity contribution in [2.24, 2.45) is 41.4 Å². The SMILES string of the molecule is CO[C@@H]1C[C@H](C[C@@H](C)[C@@H]2CC(=O)[C@H](C)/C=C(\C)[C@@H](O)[C@@H](OC)C(=O)[C@H](C)C[C@H](C)/C=C/C=C/C=C(\C)[C@@H](C=O)CC3CC[C@@H](C)[C@@](O)(O3)C(=O)C(=O)N3CCCC[C@H]3C(=O)O2)CC[C@@H]1n1cnnn1. The Hall–Kier alpha value is -4.55. The lowest BCUT2D eigenvalue weighted by atomic mass is 9.77. The Bertz CT molecular complexity index is 2050. The number of allylic oxidation sites excluding steroid dienone is 7. The number of cyclic esters (lactones) is 1. The molecule has 15 atom stereocenters. The Balaban J connectivity index is 1.46. The van der Waals surface area contributed by atoms with Crippen LogP contribution in [0.4, 0.5) is 0 Å². The third-order valence-corrected chi connectivity index (χ3v) is 15.2. The van der Waals surface area contributed by atoms with E-state index in [0.717, 1.165) is 24.7 Å². The van der Waals surface area contributed by atoms with Gasteiger partial charge < -0.3 is 38.9 Å². The number of fused-ring (bicyclic) bond motifs is 3. The van der Waals surface area contributed by atoms with Crippen molar-refractivity contribution >= 4 is 35.5 Å². The van der Waals surface area contributed by atoms with E-state index in [1.54, 1.807) is 64.0 Å². The highest BCUT2D eigenvalue weighted by atomic mass is 16.6. The van der Waals surface area contributed by atoms with E-state index in [-0.39, 0.29) is 67.3 Å². The van der Waals surface area contributed by atoms with Crippen molar-refractivity contribution in [1.82, 2.24) is 25.1 Å². The molecule has 3 aliphatic heterocycles. The number of aliphatic hydroxyl groups excluding tert-OH is 1. The molecule has 382 valence electrons. The molecule has 1 amide bonds. The standard InChI is InChI=1S/C52H77N5O12/c1-31-15-11-10-12-16-32(2)39(29-58)27-40-20-18-37(7)52(65,69-40)49(62)50(63)56-22-14-13-17-42(56)51(64)68-44(34(4)25-38-19-21-41(45(26-38)66-8)57-30-53-54-55-57)28-43(59)33(3)24-36(6)47(61)48(67-9)46(60)35(5)23-31/h10-12,15-16,24,29-31,33-35,37-42,44-45,47-48,61,65H,13-14,17-23,25-28H2,1-9H3/b12-10+,15-11+,32-16+,36-24+/t31-,33-,34-,35-,37-,38+,39-,40?,41+,42+,44+,45-,47-,48+,52-/m1/s1. The van der Waals surface area contributed by atoms with Crippen LogP contribution >= 0.6 is 0 Å². The van der Waals surface area contributed by atoms with Crippen LogP contribution < -0.4 is 0 Å². The second-order valence-corrected chi connectivity index (χ2v) is 20.4. The van der Waals surface area contributed by atoms with E-state index in [1.165, 1.54) is 12.0 Å². The number of amides is 1. The fraction of sp³-hybridized carbons (Fsp3) is 0.712. The molecule has 1 aliphatic carbocycles. The molecule has 1 unspecified atom stereocenters. The summed E-state index contributed by atoms with van der Waals surface area (Å²) in [5, 5.41) is 35.1. The number of carbonyl (C=O) groups is 6. The molecule has 3 fully saturated rings. The van der Waals surface area contributed by atoms with Gasteiger partial charge in [0.05, 0.1) is 18.2 Å². The van der Waals surface area contributed by atoms with Gasteiger partial charge in [-0.1, -0.05) is 76.6 Å². The molecule has 1 aromatic heterocycles. The molecule has 2 bridgehead atoms. The van der Waals surface area contributed by atoms with Gasteiger partial charge in [-0.3, -0.25) is 19.2 Å². The zero-order chi connectivity index (χ0) is 50.6. The summed E-state index contributed by atoms with van der Waals surface area (Å²) in [7, 11) is 3.02. The number of Topliss-reactive ketones (excluding diaryl/α,β-unsaturated/α-hetero) is 3. The van der Waals surface area contributed by atoms with Crippen LogP contribution in [0.3, 0.4) is 0 Å². The monoisotopic (exact) mass is 964 g/mol. The Labute approximate surface area is 407 Å². The second-order valence-electron chi connectivity index (χ2n) is 20.4. The summed E-state index contributed by atoms with van der Waals surface area (Å²) < 4.78 is 25.6. The number of ketones is 3. The van der Waals surface area contributed by atoms with E-state index in [9.17, 15) is 39.0 Å². The van der Waals surface area contributed by atoms with E-state index >= 15 is 0 Å². The molecule has 17 nitrogen and oxygen atoms in total. The number of esters is 1. The third-order valence-electron chi connectivity index (χ3n) is 15.2. The van der Waals surface area contributed by atoms with Crippen molar-refractivity contribution < 1.29 is 57.9 Å². The summed E-state index contributed by atoms with van der Waals surface area (Å²) in [5.41, 5.74) is 1.11. The fourth-order valence-electron chi connectivity index (χ4n) is 10.7. The van der Waals surface area contributed by atoms with Crippen LogP contribution in [0.2, 0.25) is 0 Å². The number of ether oxygens (including phenoxy) is 4. The lowest BCUT2D eigenvalue weighted by Crippen LogP contribution is -2.60. The average molecular weight is 964 g/mol. The van der Waals surface area contributed by atoms with E-state index in [0.29, 0.717) is 50.5 Å². The molecular formula is C52H77N5O12. The number of aliphatic hydroxyl groups is 2. The Morgan fingerprint density at radius 3 is 2.36 bits per heavy atom. The van der Waals surface area contributed by atoms with Crippen LogP contribution in [-0.4, -0.2) is 134 Å². The maximum atomic E-state index is 14.5. The molecule has 0 aromatic carbocycles. The van der Waals surface area contributed by atoms with Crippen molar-refractivity contribution in [2.45, 2.75) is 174 Å². The highest BCUT2D eigenvalue weighted by Gasteiger charge is 2.53. The van der Waals surface area contributed by atoms with Crippen LogP contribution in [0.1, 0.15) is 132 Å². The first-order valence-corrected chi connectivity index (χ1v) is 25.0. The normalized spacial score (nSPS) is 38.7. The number of carbonyl (C=O) groups excluding carboxylic acids is 6. The maximum absolute atomic E-state index is 14.5. The molecule has 17 heteroatoms. The minimum absolute atomic E-state index is 0.0145. The zero-order valence-electron chi connectivity index (χ0n) is 42.1. The topological polar surface area (TPSA) is 227 Å². The first-order valence-electron chi connectivity index (χ1n) is 25.0. The Kier molecular flexibility index (Phi) is 20.5. The number of aldehydes is 1. The van der Waals surface area contributed by atoms with Crippen molar-refractivity contribution in [1.29, 1.82) is 0 Å². The van der Waals surface area contributed by atoms with Crippen LogP contribution in [0.5, 0.6) is 0 Å². The molecule has 1 aromatic rings. The number of rotatable bonds is 7. The number of piperidine rings is 1. The highest BCUT2D eigenvalue weighted by molar-refractivity contribution is 6.39. The van der Waals surface area contributed by atoms with Crippen LogP contribution in [0, 0.1) is 41.4 Å². The van der Waals surface area contributed by atoms with Crippen LogP contribution in [-0.2, 0) is 47.7 Å². The van der Waals surface area contributed by atoms with Gasteiger partial charge in [-0.2, -0.15) is 0 Å². The van der Waals surface area contributed by atoms with Crippen LogP contribution in [0.15, 0.2) is 53.9 Å². The summed E-state index contributed by atoms with van der Waals surface area (Å²) in [6, 6.07) is -1.23. The van der Waals surface area contributed by atoms with Gasteiger partial charge in [-0.25, -0.2) is 9.48 Å². The summed E-state index contributed by atoms with van der Waals surface area (Å²) in [5.74, 6) is -8.86. The van der Waals surface area contributed by atoms with E-state index in [1.807, 2.05) is 39.0 Å². The van der Waals surface area contributed by atoms with Gasteiger partial charge in [0, 0.05) is 50.9 Å². The molecule has 4 heterocycles. The molecule has 69 heavy (non-hydrogen) atoms.